The number of nitrogens with zero attached hydrogens (tertiary/aromatic N) is 1. The lowest BCUT2D eigenvalue weighted by molar-refractivity contribution is 0.0480. The van der Waals surface area contributed by atoms with Gasteiger partial charge in [0.1, 0.15) is 0 Å². The van der Waals surface area contributed by atoms with E-state index in [1.807, 2.05) is 35.2 Å². The second-order valence-corrected chi connectivity index (χ2v) is 6.50. The van der Waals surface area contributed by atoms with Gasteiger partial charge < -0.3 is 9.64 Å². The fourth-order valence-corrected chi connectivity index (χ4v) is 3.11. The zero-order valence-electron chi connectivity index (χ0n) is 12.7. The van der Waals surface area contributed by atoms with Crippen LogP contribution in [0.25, 0.3) is 10.8 Å². The van der Waals surface area contributed by atoms with Gasteiger partial charge in [0, 0.05) is 25.3 Å². The normalized spacial score (nSPS) is 21.5. The van der Waals surface area contributed by atoms with Crippen LogP contribution in [0.2, 0.25) is 0 Å². The van der Waals surface area contributed by atoms with E-state index in [2.05, 4.69) is 12.1 Å². The highest BCUT2D eigenvalue weighted by molar-refractivity contribution is 5.98. The Bertz CT molecular complexity index is 693. The molecule has 2 aromatic rings. The highest BCUT2D eigenvalue weighted by atomic mass is 16.5. The Morgan fingerprint density at radius 3 is 2.73 bits per heavy atom. The van der Waals surface area contributed by atoms with Crippen LogP contribution < -0.4 is 0 Å². The number of hydrogen-bond acceptors (Lipinski definition) is 2. The number of hydrogen-bond donors (Lipinski definition) is 0. The van der Waals surface area contributed by atoms with Crippen LogP contribution in [0.3, 0.4) is 0 Å². The summed E-state index contributed by atoms with van der Waals surface area (Å²) in [4.78, 5) is 14.6. The lowest BCUT2D eigenvalue weighted by Crippen LogP contribution is -2.30. The predicted octanol–water partition coefficient (Wildman–Crippen LogP) is 3.48. The van der Waals surface area contributed by atoms with Gasteiger partial charge in [-0.25, -0.2) is 0 Å². The van der Waals surface area contributed by atoms with Crippen molar-refractivity contribution in [3.8, 4) is 0 Å². The maximum Gasteiger partial charge on any atom is 0.253 e. The van der Waals surface area contributed by atoms with Crippen LogP contribution in [0.1, 0.15) is 29.6 Å². The van der Waals surface area contributed by atoms with Gasteiger partial charge in [0.2, 0.25) is 0 Å². The standard InChI is InChI=1S/C19H21NO2/c21-19(17-8-7-15-3-1-2-4-16(15)11-17)20-10-9-18(12-20)22-13-14-5-6-14/h1-4,7-8,11,14,18H,5-6,9-10,12-13H2. The van der Waals surface area contributed by atoms with Crippen LogP contribution in [0, 0.1) is 5.92 Å². The molecule has 3 heteroatoms. The number of amides is 1. The number of carbonyl (C=O) groups excluding carboxylic acids is 1. The van der Waals surface area contributed by atoms with Gasteiger partial charge in [-0.05, 0) is 48.1 Å². The van der Waals surface area contributed by atoms with E-state index < -0.39 is 0 Å². The van der Waals surface area contributed by atoms with Crippen molar-refractivity contribution in [2.75, 3.05) is 19.7 Å². The van der Waals surface area contributed by atoms with Crippen molar-refractivity contribution in [1.29, 1.82) is 0 Å². The van der Waals surface area contributed by atoms with E-state index in [-0.39, 0.29) is 12.0 Å². The molecular weight excluding hydrogens is 274 g/mol. The predicted molar refractivity (Wildman–Crippen MR) is 86.9 cm³/mol. The monoisotopic (exact) mass is 295 g/mol. The lowest BCUT2D eigenvalue weighted by atomic mass is 10.1. The maximum absolute atomic E-state index is 12.7. The summed E-state index contributed by atoms with van der Waals surface area (Å²) in [5.74, 6) is 0.911. The van der Waals surface area contributed by atoms with Crippen molar-refractivity contribution in [2.45, 2.75) is 25.4 Å². The molecule has 1 heterocycles. The first kappa shape index (κ1) is 13.8. The SMILES string of the molecule is O=C(c1ccc2ccccc2c1)N1CCC(OCC2CC2)C1. The summed E-state index contributed by atoms with van der Waals surface area (Å²) in [5, 5.41) is 2.29. The highest BCUT2D eigenvalue weighted by Crippen LogP contribution is 2.30. The molecule has 2 fully saturated rings. The van der Waals surface area contributed by atoms with E-state index >= 15 is 0 Å². The molecule has 1 unspecified atom stereocenters. The van der Waals surface area contributed by atoms with E-state index in [1.165, 1.54) is 18.2 Å². The number of benzene rings is 2. The third-order valence-electron chi connectivity index (χ3n) is 4.69. The molecular formula is C19H21NO2. The minimum absolute atomic E-state index is 0.128. The molecule has 0 aromatic heterocycles. The van der Waals surface area contributed by atoms with Crippen LogP contribution in [0.4, 0.5) is 0 Å². The minimum Gasteiger partial charge on any atom is -0.376 e. The Morgan fingerprint density at radius 1 is 1.09 bits per heavy atom. The maximum atomic E-state index is 12.7. The Labute approximate surface area is 130 Å². The van der Waals surface area contributed by atoms with Gasteiger partial charge in [-0.3, -0.25) is 4.79 Å². The summed E-state index contributed by atoms with van der Waals surface area (Å²) >= 11 is 0. The average Bonchev–Trinajstić information content (AvgIpc) is 3.28. The Kier molecular flexibility index (Phi) is 3.59. The third-order valence-corrected chi connectivity index (χ3v) is 4.69. The van der Waals surface area contributed by atoms with Crippen molar-refractivity contribution in [1.82, 2.24) is 4.90 Å². The summed E-state index contributed by atoms with van der Waals surface area (Å²) in [6.07, 6.45) is 3.82. The number of fused-ring (bicyclic) bond motifs is 1. The van der Waals surface area contributed by atoms with Crippen molar-refractivity contribution in [3.63, 3.8) is 0 Å². The van der Waals surface area contributed by atoms with Gasteiger partial charge in [0.05, 0.1) is 6.10 Å². The molecule has 0 N–H and O–H groups in total. The molecule has 1 saturated heterocycles. The van der Waals surface area contributed by atoms with Crippen LogP contribution in [0.15, 0.2) is 42.5 Å². The van der Waals surface area contributed by atoms with Gasteiger partial charge in [-0.15, -0.1) is 0 Å². The number of carbonyl (C=O) groups is 1. The summed E-state index contributed by atoms with van der Waals surface area (Å²) in [7, 11) is 0. The second-order valence-electron chi connectivity index (χ2n) is 6.50. The lowest BCUT2D eigenvalue weighted by Gasteiger charge is -2.17. The van der Waals surface area contributed by atoms with E-state index in [4.69, 9.17) is 4.74 Å². The van der Waals surface area contributed by atoms with Gasteiger partial charge in [-0.2, -0.15) is 0 Å². The molecule has 0 spiro atoms. The van der Waals surface area contributed by atoms with E-state index in [0.717, 1.165) is 43.0 Å². The topological polar surface area (TPSA) is 29.5 Å². The van der Waals surface area contributed by atoms with Crippen LogP contribution in [0.5, 0.6) is 0 Å². The fraction of sp³-hybridized carbons (Fsp3) is 0.421. The summed E-state index contributed by atoms with van der Waals surface area (Å²) < 4.78 is 5.92. The zero-order valence-corrected chi connectivity index (χ0v) is 12.7. The molecule has 22 heavy (non-hydrogen) atoms. The Balaban J connectivity index is 1.43. The van der Waals surface area contributed by atoms with Gasteiger partial charge >= 0.3 is 0 Å². The highest BCUT2D eigenvalue weighted by Gasteiger charge is 2.29. The number of ether oxygens (including phenoxy) is 1. The quantitative estimate of drug-likeness (QED) is 0.864. The second kappa shape index (κ2) is 5.73. The van der Waals surface area contributed by atoms with Gasteiger partial charge in [-0.1, -0.05) is 30.3 Å². The average molecular weight is 295 g/mol. The largest absolute Gasteiger partial charge is 0.376 e. The van der Waals surface area contributed by atoms with Gasteiger partial charge in [0.15, 0.2) is 0 Å². The molecule has 1 saturated carbocycles. The summed E-state index contributed by atoms with van der Waals surface area (Å²) in [5.41, 5.74) is 0.779. The molecule has 0 bridgehead atoms. The summed E-state index contributed by atoms with van der Waals surface area (Å²) in [6.45, 7) is 2.42. The molecule has 1 aliphatic carbocycles. The molecule has 2 aromatic carbocycles. The molecule has 2 aliphatic rings. The molecule has 0 radical (unpaired) electrons. The fourth-order valence-electron chi connectivity index (χ4n) is 3.11. The Morgan fingerprint density at radius 2 is 1.91 bits per heavy atom. The zero-order chi connectivity index (χ0) is 14.9. The number of rotatable bonds is 4. The van der Waals surface area contributed by atoms with Crippen LogP contribution in [-0.4, -0.2) is 36.6 Å². The van der Waals surface area contributed by atoms with Crippen molar-refractivity contribution >= 4 is 16.7 Å². The minimum atomic E-state index is 0.128. The van der Waals surface area contributed by atoms with E-state index in [0.29, 0.717) is 0 Å². The molecule has 1 atom stereocenters. The molecule has 114 valence electrons. The van der Waals surface area contributed by atoms with Crippen molar-refractivity contribution in [3.05, 3.63) is 48.0 Å². The first-order valence-corrected chi connectivity index (χ1v) is 8.19. The number of likely N-dealkylation sites (tertiary alicyclic amines) is 1. The Hall–Kier alpha value is -1.87. The van der Waals surface area contributed by atoms with Crippen molar-refractivity contribution in [2.24, 2.45) is 5.92 Å². The van der Waals surface area contributed by atoms with Crippen molar-refractivity contribution < 1.29 is 9.53 Å². The van der Waals surface area contributed by atoms with Crippen LogP contribution >= 0.6 is 0 Å². The van der Waals surface area contributed by atoms with Crippen LogP contribution in [-0.2, 0) is 4.74 Å². The molecule has 1 aliphatic heterocycles. The van der Waals surface area contributed by atoms with Gasteiger partial charge in [0.25, 0.3) is 5.91 Å². The summed E-state index contributed by atoms with van der Waals surface area (Å²) in [6, 6.07) is 14.1. The van der Waals surface area contributed by atoms with E-state index in [9.17, 15) is 4.79 Å². The first-order chi connectivity index (χ1) is 10.8. The molecule has 1 amide bonds. The smallest absolute Gasteiger partial charge is 0.253 e. The van der Waals surface area contributed by atoms with E-state index in [1.54, 1.807) is 0 Å². The molecule has 4 rings (SSSR count). The molecule has 3 nitrogen and oxygen atoms in total. The first-order valence-electron chi connectivity index (χ1n) is 8.19. The third kappa shape index (κ3) is 2.86.